The zero-order chi connectivity index (χ0) is 17.9. The number of fused-ring (bicyclic) bond motifs is 2. The minimum absolute atomic E-state index is 0.134. The molecule has 0 unspecified atom stereocenters. The van der Waals surface area contributed by atoms with Gasteiger partial charge in [-0.3, -0.25) is 9.59 Å². The third-order valence-electron chi connectivity index (χ3n) is 4.08. The Morgan fingerprint density at radius 1 is 1.04 bits per heavy atom. The second-order valence-electron chi connectivity index (χ2n) is 5.85. The molecule has 130 valence electrons. The van der Waals surface area contributed by atoms with Gasteiger partial charge < -0.3 is 10.6 Å². The Balaban J connectivity index is 1.49. The highest BCUT2D eigenvalue weighted by Crippen LogP contribution is 2.38. The van der Waals surface area contributed by atoms with Crippen LogP contribution < -0.4 is 10.6 Å². The Kier molecular flexibility index (Phi) is 4.77. The molecule has 1 aliphatic heterocycles. The first-order valence-electron chi connectivity index (χ1n) is 8.23. The summed E-state index contributed by atoms with van der Waals surface area (Å²) < 4.78 is 0. The Morgan fingerprint density at radius 3 is 2.77 bits per heavy atom. The van der Waals surface area contributed by atoms with Crippen molar-refractivity contribution in [3.63, 3.8) is 0 Å². The van der Waals surface area contributed by atoms with Gasteiger partial charge in [-0.15, -0.1) is 11.3 Å². The van der Waals surface area contributed by atoms with E-state index in [-0.39, 0.29) is 11.8 Å². The number of carbonyl (C=O) groups excluding carboxylic acids is 2. The molecular weight excluding hydrogens is 364 g/mol. The molecule has 4 rings (SSSR count). The van der Waals surface area contributed by atoms with Crippen LogP contribution in [0.25, 0.3) is 0 Å². The smallest absolute Gasteiger partial charge is 0.256 e. The Bertz CT molecular complexity index is 968. The van der Waals surface area contributed by atoms with Gasteiger partial charge in [-0.25, -0.2) is 0 Å². The van der Waals surface area contributed by atoms with Crippen molar-refractivity contribution in [2.75, 3.05) is 11.9 Å². The molecule has 0 fully saturated rings. The van der Waals surface area contributed by atoms with Gasteiger partial charge in [-0.1, -0.05) is 30.0 Å². The average molecular weight is 380 g/mol. The zero-order valence-electron chi connectivity index (χ0n) is 13.8. The molecule has 0 radical (unpaired) electrons. The van der Waals surface area contributed by atoms with Crippen LogP contribution in [0.3, 0.4) is 0 Å². The predicted octanol–water partition coefficient (Wildman–Crippen LogP) is 4.44. The van der Waals surface area contributed by atoms with E-state index in [0.717, 1.165) is 16.2 Å². The molecule has 0 saturated heterocycles. The highest BCUT2D eigenvalue weighted by atomic mass is 32.2. The molecule has 2 N–H and O–H groups in total. The molecule has 0 bridgehead atoms. The summed E-state index contributed by atoms with van der Waals surface area (Å²) in [6, 6.07) is 17.0. The molecule has 0 aliphatic carbocycles. The van der Waals surface area contributed by atoms with Crippen molar-refractivity contribution >= 4 is 40.6 Å². The Labute approximate surface area is 159 Å². The summed E-state index contributed by atoms with van der Waals surface area (Å²) in [4.78, 5) is 27.9. The van der Waals surface area contributed by atoms with E-state index in [1.165, 1.54) is 16.6 Å². The number of hydrogen-bond donors (Lipinski definition) is 2. The number of rotatable bonds is 4. The normalized spacial score (nSPS) is 12.5. The molecule has 1 aromatic heterocycles. The summed E-state index contributed by atoms with van der Waals surface area (Å²) in [7, 11) is 0. The van der Waals surface area contributed by atoms with E-state index in [2.05, 4.69) is 16.7 Å². The lowest BCUT2D eigenvalue weighted by Crippen LogP contribution is -2.25. The van der Waals surface area contributed by atoms with E-state index in [4.69, 9.17) is 0 Å². The maximum Gasteiger partial charge on any atom is 0.256 e. The van der Waals surface area contributed by atoms with Gasteiger partial charge in [0, 0.05) is 26.8 Å². The van der Waals surface area contributed by atoms with Crippen LogP contribution in [0, 0.1) is 0 Å². The topological polar surface area (TPSA) is 58.2 Å². The molecule has 0 saturated carbocycles. The third-order valence-corrected chi connectivity index (χ3v) is 6.17. The van der Waals surface area contributed by atoms with Gasteiger partial charge >= 0.3 is 0 Å². The number of hydrogen-bond acceptors (Lipinski definition) is 4. The molecule has 1 aliphatic rings. The van der Waals surface area contributed by atoms with Gasteiger partial charge in [0.15, 0.2) is 0 Å². The van der Waals surface area contributed by atoms with E-state index in [1.807, 2.05) is 41.8 Å². The first kappa shape index (κ1) is 16.9. The predicted molar refractivity (Wildman–Crippen MR) is 105 cm³/mol. The Hall–Kier alpha value is -2.57. The summed E-state index contributed by atoms with van der Waals surface area (Å²) in [5.74, 6) is -0.285. The largest absolute Gasteiger partial charge is 0.352 e. The molecule has 2 aromatic carbocycles. The number of thiophene rings is 1. The van der Waals surface area contributed by atoms with Gasteiger partial charge in [0.25, 0.3) is 11.8 Å². The van der Waals surface area contributed by atoms with Crippen molar-refractivity contribution in [3.8, 4) is 0 Å². The molecule has 0 atom stereocenters. The van der Waals surface area contributed by atoms with Gasteiger partial charge in [-0.05, 0) is 48.2 Å². The van der Waals surface area contributed by atoms with Crippen molar-refractivity contribution in [1.29, 1.82) is 0 Å². The number of anilines is 1. The van der Waals surface area contributed by atoms with E-state index in [1.54, 1.807) is 23.5 Å². The maximum absolute atomic E-state index is 12.4. The second kappa shape index (κ2) is 7.35. The first-order valence-corrected chi connectivity index (χ1v) is 9.93. The lowest BCUT2D eigenvalue weighted by molar-refractivity contribution is 0.0952. The van der Waals surface area contributed by atoms with Crippen LogP contribution in [-0.2, 0) is 6.42 Å². The molecule has 3 aromatic rings. The summed E-state index contributed by atoms with van der Waals surface area (Å²) in [5.41, 5.74) is 1.86. The van der Waals surface area contributed by atoms with Crippen molar-refractivity contribution in [2.24, 2.45) is 0 Å². The molecular formula is C20H16N2O2S2. The minimum atomic E-state index is -0.151. The molecule has 2 amide bonds. The molecule has 6 heteroatoms. The van der Waals surface area contributed by atoms with E-state index < -0.39 is 0 Å². The SMILES string of the molecule is O=C(NCCc1cccs1)c1ccc2c(c1)NC(=O)c1ccccc1S2. The van der Waals surface area contributed by atoms with Gasteiger partial charge in [0.2, 0.25) is 0 Å². The molecule has 26 heavy (non-hydrogen) atoms. The summed E-state index contributed by atoms with van der Waals surface area (Å²) in [6.45, 7) is 0.586. The average Bonchev–Trinajstić information content (AvgIpc) is 3.12. The number of amides is 2. The number of benzene rings is 2. The summed E-state index contributed by atoms with van der Waals surface area (Å²) >= 11 is 3.21. The lowest BCUT2D eigenvalue weighted by atomic mass is 10.1. The number of nitrogens with one attached hydrogen (secondary N) is 2. The van der Waals surface area contributed by atoms with Crippen molar-refractivity contribution in [2.45, 2.75) is 16.2 Å². The van der Waals surface area contributed by atoms with E-state index in [0.29, 0.717) is 23.4 Å². The fourth-order valence-corrected chi connectivity index (χ4v) is 4.48. The van der Waals surface area contributed by atoms with E-state index in [9.17, 15) is 9.59 Å². The zero-order valence-corrected chi connectivity index (χ0v) is 15.5. The van der Waals surface area contributed by atoms with Crippen LogP contribution in [0.5, 0.6) is 0 Å². The highest BCUT2D eigenvalue weighted by molar-refractivity contribution is 7.99. The highest BCUT2D eigenvalue weighted by Gasteiger charge is 2.20. The first-order chi connectivity index (χ1) is 12.7. The number of carbonyl (C=O) groups is 2. The standard InChI is InChI=1S/C20H16N2O2S2/c23-19(21-10-9-14-4-3-11-25-14)13-7-8-18-16(12-13)22-20(24)15-5-1-2-6-17(15)26-18/h1-8,11-12H,9-10H2,(H,21,23)(H,22,24). The maximum atomic E-state index is 12.4. The summed E-state index contributed by atoms with van der Waals surface area (Å²) in [5, 5.41) is 7.88. The van der Waals surface area contributed by atoms with Crippen LogP contribution in [0.2, 0.25) is 0 Å². The minimum Gasteiger partial charge on any atom is -0.352 e. The van der Waals surface area contributed by atoms with Crippen LogP contribution >= 0.6 is 23.1 Å². The quantitative estimate of drug-likeness (QED) is 0.704. The van der Waals surface area contributed by atoms with Crippen molar-refractivity contribution < 1.29 is 9.59 Å². The van der Waals surface area contributed by atoms with Crippen molar-refractivity contribution in [3.05, 3.63) is 76.0 Å². The van der Waals surface area contributed by atoms with Gasteiger partial charge in [-0.2, -0.15) is 0 Å². The summed E-state index contributed by atoms with van der Waals surface area (Å²) in [6.07, 6.45) is 0.816. The molecule has 2 heterocycles. The monoisotopic (exact) mass is 380 g/mol. The fourth-order valence-electron chi connectivity index (χ4n) is 2.77. The Morgan fingerprint density at radius 2 is 1.92 bits per heavy atom. The van der Waals surface area contributed by atoms with Crippen LogP contribution in [0.4, 0.5) is 5.69 Å². The van der Waals surface area contributed by atoms with Crippen LogP contribution in [-0.4, -0.2) is 18.4 Å². The lowest BCUT2D eigenvalue weighted by Gasteiger charge is -2.09. The fraction of sp³-hybridized carbons (Fsp3) is 0.100. The van der Waals surface area contributed by atoms with Gasteiger partial charge in [0.1, 0.15) is 0 Å². The third kappa shape index (κ3) is 3.52. The van der Waals surface area contributed by atoms with Crippen LogP contribution in [0.15, 0.2) is 69.8 Å². The van der Waals surface area contributed by atoms with Gasteiger partial charge in [0.05, 0.1) is 11.3 Å². The van der Waals surface area contributed by atoms with Crippen LogP contribution in [0.1, 0.15) is 25.6 Å². The molecule has 0 spiro atoms. The van der Waals surface area contributed by atoms with Crippen molar-refractivity contribution in [1.82, 2.24) is 5.32 Å². The van der Waals surface area contributed by atoms with E-state index >= 15 is 0 Å². The molecule has 4 nitrogen and oxygen atoms in total. The second-order valence-corrected chi connectivity index (χ2v) is 7.96.